The Morgan fingerprint density at radius 1 is 0.895 bits per heavy atom. The quantitative estimate of drug-likeness (QED) is 0.597. The highest BCUT2D eigenvalue weighted by molar-refractivity contribution is 5.37. The molecule has 0 atom stereocenters. The van der Waals surface area contributed by atoms with Gasteiger partial charge in [0.25, 0.3) is 0 Å². The normalized spacial score (nSPS) is 10.6. The molecule has 19 heavy (non-hydrogen) atoms. The van der Waals surface area contributed by atoms with Crippen LogP contribution in [0.25, 0.3) is 0 Å². The average Bonchev–Trinajstić information content (AvgIpc) is 2.41. The molecule has 0 aliphatic rings. The maximum atomic E-state index is 9.57. The average molecular weight is 264 g/mol. The molecular weight excluding hydrogens is 236 g/mol. The summed E-state index contributed by atoms with van der Waals surface area (Å²) in [6.07, 6.45) is 11.7. The number of benzene rings is 1. The second kappa shape index (κ2) is 9.71. The summed E-state index contributed by atoms with van der Waals surface area (Å²) >= 11 is 0. The first-order valence-corrected chi connectivity index (χ1v) is 7.63. The van der Waals surface area contributed by atoms with Crippen molar-refractivity contribution >= 4 is 0 Å². The standard InChI is InChI=1S/C17H28O2/c1-3-4-5-6-7-8-9-10-11-15-12-16(18)14-17(13-15)19-2/h12-14,18H,3-11H2,1-2H3. The summed E-state index contributed by atoms with van der Waals surface area (Å²) in [5.74, 6) is 1.04. The van der Waals surface area contributed by atoms with Crippen molar-refractivity contribution < 1.29 is 9.84 Å². The van der Waals surface area contributed by atoms with Crippen LogP contribution in [0.3, 0.4) is 0 Å². The van der Waals surface area contributed by atoms with E-state index in [1.807, 2.05) is 12.1 Å². The molecule has 0 spiro atoms. The van der Waals surface area contributed by atoms with E-state index in [1.165, 1.54) is 56.9 Å². The summed E-state index contributed by atoms with van der Waals surface area (Å²) in [5.41, 5.74) is 1.17. The Morgan fingerprint density at radius 3 is 2.16 bits per heavy atom. The van der Waals surface area contributed by atoms with E-state index < -0.39 is 0 Å². The molecule has 0 unspecified atom stereocenters. The Labute approximate surface area is 117 Å². The molecule has 2 nitrogen and oxygen atoms in total. The van der Waals surface area contributed by atoms with Crippen molar-refractivity contribution in [3.05, 3.63) is 23.8 Å². The lowest BCUT2D eigenvalue weighted by molar-refractivity contribution is 0.406. The number of phenols is 1. The summed E-state index contributed by atoms with van der Waals surface area (Å²) < 4.78 is 5.16. The van der Waals surface area contributed by atoms with Crippen molar-refractivity contribution in [3.8, 4) is 11.5 Å². The van der Waals surface area contributed by atoms with Crippen LogP contribution in [0.2, 0.25) is 0 Å². The van der Waals surface area contributed by atoms with Crippen LogP contribution in [0.15, 0.2) is 18.2 Å². The van der Waals surface area contributed by atoms with Crippen LogP contribution >= 0.6 is 0 Å². The zero-order valence-corrected chi connectivity index (χ0v) is 12.5. The number of aryl methyl sites for hydroxylation is 1. The molecule has 1 aromatic rings. The Balaban J connectivity index is 2.13. The fraction of sp³-hybridized carbons (Fsp3) is 0.647. The van der Waals surface area contributed by atoms with E-state index in [9.17, 15) is 5.11 Å². The molecular formula is C17H28O2. The lowest BCUT2D eigenvalue weighted by atomic mass is 10.0. The molecule has 0 aliphatic heterocycles. The number of unbranched alkanes of at least 4 members (excludes halogenated alkanes) is 7. The van der Waals surface area contributed by atoms with Crippen molar-refractivity contribution in [1.29, 1.82) is 0 Å². The van der Waals surface area contributed by atoms with Gasteiger partial charge in [-0.15, -0.1) is 0 Å². The van der Waals surface area contributed by atoms with E-state index in [1.54, 1.807) is 13.2 Å². The van der Waals surface area contributed by atoms with Crippen LogP contribution in [0, 0.1) is 0 Å². The van der Waals surface area contributed by atoms with Gasteiger partial charge < -0.3 is 9.84 Å². The van der Waals surface area contributed by atoms with Crippen LogP contribution in [0.5, 0.6) is 11.5 Å². The monoisotopic (exact) mass is 264 g/mol. The molecule has 0 amide bonds. The molecule has 0 fully saturated rings. The molecule has 0 aromatic heterocycles. The fourth-order valence-electron chi connectivity index (χ4n) is 2.37. The summed E-state index contributed by atoms with van der Waals surface area (Å²) in [6.45, 7) is 2.25. The second-order valence-corrected chi connectivity index (χ2v) is 5.26. The number of aromatic hydroxyl groups is 1. The number of rotatable bonds is 10. The third kappa shape index (κ3) is 7.09. The largest absolute Gasteiger partial charge is 0.508 e. The van der Waals surface area contributed by atoms with E-state index in [0.717, 1.165) is 12.2 Å². The van der Waals surface area contributed by atoms with Crippen LogP contribution in [-0.4, -0.2) is 12.2 Å². The van der Waals surface area contributed by atoms with E-state index in [0.29, 0.717) is 5.75 Å². The third-order valence-electron chi connectivity index (χ3n) is 3.51. The SMILES string of the molecule is CCCCCCCCCCc1cc(O)cc(OC)c1. The van der Waals surface area contributed by atoms with Crippen LogP contribution in [0.4, 0.5) is 0 Å². The highest BCUT2D eigenvalue weighted by Crippen LogP contribution is 2.22. The first-order valence-electron chi connectivity index (χ1n) is 7.63. The maximum Gasteiger partial charge on any atom is 0.122 e. The van der Waals surface area contributed by atoms with E-state index in [4.69, 9.17) is 4.74 Å². The number of phenolic OH excluding ortho intramolecular Hbond substituents is 1. The predicted molar refractivity (Wildman–Crippen MR) is 81.0 cm³/mol. The summed E-state index contributed by atoms with van der Waals surface area (Å²) in [4.78, 5) is 0. The Bertz CT molecular complexity index is 347. The first-order chi connectivity index (χ1) is 9.26. The highest BCUT2D eigenvalue weighted by Gasteiger charge is 2.00. The van der Waals surface area contributed by atoms with Gasteiger partial charge in [-0.05, 0) is 30.5 Å². The van der Waals surface area contributed by atoms with Gasteiger partial charge in [-0.2, -0.15) is 0 Å². The van der Waals surface area contributed by atoms with Gasteiger partial charge in [-0.25, -0.2) is 0 Å². The molecule has 108 valence electrons. The van der Waals surface area contributed by atoms with Gasteiger partial charge in [-0.3, -0.25) is 0 Å². The van der Waals surface area contributed by atoms with Crippen molar-refractivity contribution in [2.75, 3.05) is 7.11 Å². The van der Waals surface area contributed by atoms with E-state index >= 15 is 0 Å². The summed E-state index contributed by atoms with van der Waals surface area (Å²) in [5, 5.41) is 9.57. The van der Waals surface area contributed by atoms with Gasteiger partial charge in [0, 0.05) is 6.07 Å². The second-order valence-electron chi connectivity index (χ2n) is 5.26. The maximum absolute atomic E-state index is 9.57. The molecule has 1 N–H and O–H groups in total. The molecule has 0 bridgehead atoms. The minimum atomic E-state index is 0.300. The lowest BCUT2D eigenvalue weighted by Crippen LogP contribution is -1.89. The number of hydrogen-bond acceptors (Lipinski definition) is 2. The minimum Gasteiger partial charge on any atom is -0.508 e. The van der Waals surface area contributed by atoms with Crippen LogP contribution in [-0.2, 0) is 6.42 Å². The minimum absolute atomic E-state index is 0.300. The van der Waals surface area contributed by atoms with E-state index in [2.05, 4.69) is 6.92 Å². The van der Waals surface area contributed by atoms with E-state index in [-0.39, 0.29) is 0 Å². The Morgan fingerprint density at radius 2 is 1.53 bits per heavy atom. The third-order valence-corrected chi connectivity index (χ3v) is 3.51. The zero-order chi connectivity index (χ0) is 13.9. The topological polar surface area (TPSA) is 29.5 Å². The Kier molecular flexibility index (Phi) is 8.11. The van der Waals surface area contributed by atoms with Gasteiger partial charge in [0.1, 0.15) is 11.5 Å². The molecule has 1 rings (SSSR count). The van der Waals surface area contributed by atoms with Gasteiger partial charge in [-0.1, -0.05) is 51.9 Å². The van der Waals surface area contributed by atoms with Gasteiger partial charge in [0.15, 0.2) is 0 Å². The van der Waals surface area contributed by atoms with Gasteiger partial charge >= 0.3 is 0 Å². The molecule has 0 aliphatic carbocycles. The molecule has 2 heteroatoms. The molecule has 0 radical (unpaired) electrons. The number of methoxy groups -OCH3 is 1. The lowest BCUT2D eigenvalue weighted by Gasteiger charge is -2.06. The molecule has 0 saturated heterocycles. The van der Waals surface area contributed by atoms with Crippen LogP contribution in [0.1, 0.15) is 63.9 Å². The molecule has 0 heterocycles. The smallest absolute Gasteiger partial charge is 0.122 e. The van der Waals surface area contributed by atoms with Crippen molar-refractivity contribution in [3.63, 3.8) is 0 Å². The van der Waals surface area contributed by atoms with Crippen LogP contribution < -0.4 is 4.74 Å². The van der Waals surface area contributed by atoms with Gasteiger partial charge in [0.2, 0.25) is 0 Å². The summed E-state index contributed by atoms with van der Waals surface area (Å²) in [7, 11) is 1.63. The zero-order valence-electron chi connectivity index (χ0n) is 12.5. The highest BCUT2D eigenvalue weighted by atomic mass is 16.5. The summed E-state index contributed by atoms with van der Waals surface area (Å²) in [6, 6.07) is 5.50. The predicted octanol–water partition coefficient (Wildman–Crippen LogP) is 5.08. The van der Waals surface area contributed by atoms with Gasteiger partial charge in [0.05, 0.1) is 7.11 Å². The molecule has 0 saturated carbocycles. The fourth-order valence-corrected chi connectivity index (χ4v) is 2.37. The number of hydrogen-bond donors (Lipinski definition) is 1. The molecule has 1 aromatic carbocycles. The van der Waals surface area contributed by atoms with Crippen molar-refractivity contribution in [2.24, 2.45) is 0 Å². The van der Waals surface area contributed by atoms with Crippen molar-refractivity contribution in [2.45, 2.75) is 64.7 Å². The number of ether oxygens (including phenoxy) is 1. The first kappa shape index (κ1) is 15.9. The van der Waals surface area contributed by atoms with Crippen molar-refractivity contribution in [1.82, 2.24) is 0 Å². The Hall–Kier alpha value is -1.18.